The Bertz CT molecular complexity index is 334. The summed E-state index contributed by atoms with van der Waals surface area (Å²) in [7, 11) is 5.54. The molecule has 0 N–H and O–H groups in total. The Morgan fingerprint density at radius 2 is 2.00 bits per heavy atom. The van der Waals surface area contributed by atoms with E-state index in [2.05, 4.69) is 4.99 Å². The van der Waals surface area contributed by atoms with Crippen molar-refractivity contribution in [2.24, 2.45) is 4.99 Å². The maximum atomic E-state index is 11.6. The van der Waals surface area contributed by atoms with Gasteiger partial charge in [-0.15, -0.1) is 0 Å². The fraction of sp³-hybridized carbons (Fsp3) is 0.556. The molecule has 2 heterocycles. The average Bonchev–Trinajstić information content (AvgIpc) is 2.14. The normalized spacial score (nSPS) is 21.9. The van der Waals surface area contributed by atoms with Gasteiger partial charge in [-0.05, 0) is 0 Å². The zero-order valence-electron chi connectivity index (χ0n) is 8.69. The SMILES string of the molecule is CN1C=NC2=C(C1)CN(C)C(=O)N2C. The molecule has 0 aromatic rings. The van der Waals surface area contributed by atoms with Gasteiger partial charge in [-0.1, -0.05) is 0 Å². The minimum atomic E-state index is 0.00505. The zero-order valence-corrected chi connectivity index (χ0v) is 8.69. The molecule has 0 unspecified atom stereocenters. The summed E-state index contributed by atoms with van der Waals surface area (Å²) in [6, 6.07) is 0.00505. The second kappa shape index (κ2) is 3.01. The predicted molar refractivity (Wildman–Crippen MR) is 53.9 cm³/mol. The van der Waals surface area contributed by atoms with Crippen molar-refractivity contribution in [1.29, 1.82) is 0 Å². The summed E-state index contributed by atoms with van der Waals surface area (Å²) in [6.45, 7) is 1.53. The van der Waals surface area contributed by atoms with E-state index >= 15 is 0 Å². The van der Waals surface area contributed by atoms with Gasteiger partial charge >= 0.3 is 6.03 Å². The summed E-state index contributed by atoms with van der Waals surface area (Å²) >= 11 is 0. The van der Waals surface area contributed by atoms with Crippen LogP contribution >= 0.6 is 0 Å². The van der Waals surface area contributed by atoms with E-state index < -0.39 is 0 Å². The van der Waals surface area contributed by atoms with Gasteiger partial charge in [-0.2, -0.15) is 0 Å². The van der Waals surface area contributed by atoms with Crippen LogP contribution in [0.3, 0.4) is 0 Å². The summed E-state index contributed by atoms with van der Waals surface area (Å²) in [5.41, 5.74) is 1.19. The van der Waals surface area contributed by atoms with Crippen molar-refractivity contribution < 1.29 is 4.79 Å². The van der Waals surface area contributed by atoms with E-state index in [0.717, 1.165) is 12.4 Å². The van der Waals surface area contributed by atoms with Gasteiger partial charge in [0, 0.05) is 39.8 Å². The highest BCUT2D eigenvalue weighted by molar-refractivity contribution is 5.79. The molecule has 2 aliphatic heterocycles. The van der Waals surface area contributed by atoms with E-state index in [1.807, 2.05) is 11.9 Å². The first-order valence-corrected chi connectivity index (χ1v) is 4.55. The van der Waals surface area contributed by atoms with Gasteiger partial charge < -0.3 is 9.80 Å². The molecule has 0 saturated heterocycles. The number of aliphatic imine (C=N–C) groups is 1. The monoisotopic (exact) mass is 194 g/mol. The lowest BCUT2D eigenvalue weighted by Gasteiger charge is -2.36. The largest absolute Gasteiger partial charge is 0.361 e. The van der Waals surface area contributed by atoms with Gasteiger partial charge in [0.2, 0.25) is 0 Å². The molecule has 76 valence electrons. The second-order valence-corrected chi connectivity index (χ2v) is 3.78. The van der Waals surface area contributed by atoms with Gasteiger partial charge in [-0.3, -0.25) is 4.90 Å². The van der Waals surface area contributed by atoms with Gasteiger partial charge in [0.05, 0.1) is 6.34 Å². The molecule has 2 aliphatic rings. The van der Waals surface area contributed by atoms with Gasteiger partial charge in [0.1, 0.15) is 5.82 Å². The second-order valence-electron chi connectivity index (χ2n) is 3.78. The molecule has 5 nitrogen and oxygen atoms in total. The number of likely N-dealkylation sites (N-methyl/N-ethyl adjacent to an activating group) is 2. The maximum Gasteiger partial charge on any atom is 0.325 e. The summed E-state index contributed by atoms with van der Waals surface area (Å²) in [5, 5.41) is 0. The van der Waals surface area contributed by atoms with E-state index in [-0.39, 0.29) is 6.03 Å². The number of urea groups is 1. The van der Waals surface area contributed by atoms with Crippen LogP contribution in [0.2, 0.25) is 0 Å². The number of carbonyl (C=O) groups excluding carboxylic acids is 1. The fourth-order valence-electron chi connectivity index (χ4n) is 1.80. The quantitative estimate of drug-likeness (QED) is 0.551. The number of rotatable bonds is 0. The molecule has 14 heavy (non-hydrogen) atoms. The van der Waals surface area contributed by atoms with E-state index in [1.54, 1.807) is 30.2 Å². The fourth-order valence-corrected chi connectivity index (χ4v) is 1.80. The van der Waals surface area contributed by atoms with Gasteiger partial charge in [-0.25, -0.2) is 9.79 Å². The van der Waals surface area contributed by atoms with Crippen LogP contribution in [0, 0.1) is 0 Å². The molecule has 0 bridgehead atoms. The first kappa shape index (κ1) is 9.05. The highest BCUT2D eigenvalue weighted by Gasteiger charge is 2.29. The molecular weight excluding hydrogens is 180 g/mol. The van der Waals surface area contributed by atoms with E-state index in [0.29, 0.717) is 6.54 Å². The molecule has 0 atom stereocenters. The first-order valence-electron chi connectivity index (χ1n) is 4.55. The summed E-state index contributed by atoms with van der Waals surface area (Å²) in [6.07, 6.45) is 1.76. The number of hydrogen-bond donors (Lipinski definition) is 0. The van der Waals surface area contributed by atoms with Crippen LogP contribution < -0.4 is 0 Å². The summed E-state index contributed by atoms with van der Waals surface area (Å²) < 4.78 is 0. The van der Waals surface area contributed by atoms with E-state index in [4.69, 9.17) is 0 Å². The third-order valence-corrected chi connectivity index (χ3v) is 2.49. The zero-order chi connectivity index (χ0) is 10.3. The average molecular weight is 194 g/mol. The van der Waals surface area contributed by atoms with Crippen LogP contribution in [0.4, 0.5) is 4.79 Å². The highest BCUT2D eigenvalue weighted by Crippen LogP contribution is 2.21. The van der Waals surface area contributed by atoms with Gasteiger partial charge in [0.25, 0.3) is 0 Å². The number of carbonyl (C=O) groups is 1. The number of nitrogens with zero attached hydrogens (tertiary/aromatic N) is 4. The lowest BCUT2D eigenvalue weighted by molar-refractivity contribution is 0.177. The Morgan fingerprint density at radius 3 is 2.71 bits per heavy atom. The van der Waals surface area contributed by atoms with Crippen LogP contribution in [0.15, 0.2) is 16.4 Å². The Kier molecular flexibility index (Phi) is 1.94. The molecule has 2 amide bonds. The van der Waals surface area contributed by atoms with Crippen molar-refractivity contribution in [3.63, 3.8) is 0 Å². The minimum Gasteiger partial charge on any atom is -0.361 e. The van der Waals surface area contributed by atoms with Crippen LogP contribution in [0.5, 0.6) is 0 Å². The Hall–Kier alpha value is -1.52. The van der Waals surface area contributed by atoms with E-state index in [9.17, 15) is 4.79 Å². The molecule has 0 aromatic carbocycles. The highest BCUT2D eigenvalue weighted by atomic mass is 16.2. The van der Waals surface area contributed by atoms with E-state index in [1.165, 1.54) is 5.57 Å². The lowest BCUT2D eigenvalue weighted by atomic mass is 10.2. The Morgan fingerprint density at radius 1 is 1.29 bits per heavy atom. The van der Waals surface area contributed by atoms with Crippen molar-refractivity contribution in [2.45, 2.75) is 0 Å². The van der Waals surface area contributed by atoms with Crippen LogP contribution in [0.1, 0.15) is 0 Å². The standard InChI is InChI=1S/C9H14N4O/c1-11-4-7-5-12(2)9(14)13(3)8(7)10-6-11/h6H,4-5H2,1-3H3. The molecule has 0 radical (unpaired) electrons. The third kappa shape index (κ3) is 1.25. The summed E-state index contributed by atoms with van der Waals surface area (Å²) in [5.74, 6) is 0.811. The third-order valence-electron chi connectivity index (χ3n) is 2.49. The first-order chi connectivity index (χ1) is 6.59. The molecule has 0 aromatic heterocycles. The lowest BCUT2D eigenvalue weighted by Crippen LogP contribution is -2.47. The molecule has 5 heteroatoms. The Labute approximate surface area is 83.3 Å². The molecule has 0 saturated carbocycles. The smallest absolute Gasteiger partial charge is 0.325 e. The summed E-state index contributed by atoms with van der Waals surface area (Å²) in [4.78, 5) is 21.2. The van der Waals surface area contributed by atoms with Crippen LogP contribution in [-0.4, -0.2) is 61.3 Å². The number of hydrogen-bond acceptors (Lipinski definition) is 3. The molecule has 0 aliphatic carbocycles. The Balaban J connectivity index is 2.34. The van der Waals surface area contributed by atoms with Crippen molar-refractivity contribution in [2.75, 3.05) is 34.2 Å². The molecule has 2 rings (SSSR count). The van der Waals surface area contributed by atoms with Crippen molar-refractivity contribution in [3.8, 4) is 0 Å². The minimum absolute atomic E-state index is 0.00505. The van der Waals surface area contributed by atoms with Crippen molar-refractivity contribution in [1.82, 2.24) is 14.7 Å². The topological polar surface area (TPSA) is 39.1 Å². The van der Waals surface area contributed by atoms with Gasteiger partial charge in [0.15, 0.2) is 0 Å². The number of amides is 2. The van der Waals surface area contributed by atoms with Crippen LogP contribution in [-0.2, 0) is 0 Å². The molecule has 0 fully saturated rings. The van der Waals surface area contributed by atoms with Crippen molar-refractivity contribution in [3.05, 3.63) is 11.4 Å². The predicted octanol–water partition coefficient (Wildman–Crippen LogP) is 0.169. The molecule has 0 spiro atoms. The maximum absolute atomic E-state index is 11.6. The van der Waals surface area contributed by atoms with Crippen molar-refractivity contribution >= 4 is 12.4 Å². The van der Waals surface area contributed by atoms with Crippen LogP contribution in [0.25, 0.3) is 0 Å². The molecular formula is C9H14N4O.